The quantitative estimate of drug-likeness (QED) is 0.534. The minimum Gasteiger partial charge on any atom is -0.494 e. The van der Waals surface area contributed by atoms with E-state index in [2.05, 4.69) is 5.18 Å². The number of nitrogens with zero attached hydrogens (tertiary/aromatic N) is 1. The van der Waals surface area contributed by atoms with Gasteiger partial charge in [-0.25, -0.2) is 0 Å². The van der Waals surface area contributed by atoms with E-state index in [1.54, 1.807) is 0 Å². The summed E-state index contributed by atoms with van der Waals surface area (Å²) in [6, 6.07) is 4.43. The largest absolute Gasteiger partial charge is 0.494 e. The highest BCUT2D eigenvalue weighted by Gasteiger charge is 2.03. The Hall–Kier alpha value is -1.62. The van der Waals surface area contributed by atoms with E-state index in [1.165, 1.54) is 25.3 Å². The summed E-state index contributed by atoms with van der Waals surface area (Å²) >= 11 is 0. The van der Waals surface area contributed by atoms with Gasteiger partial charge in [0.15, 0.2) is 0 Å². The zero-order chi connectivity index (χ0) is 8.97. The van der Waals surface area contributed by atoms with E-state index in [4.69, 9.17) is 9.94 Å². The summed E-state index contributed by atoms with van der Waals surface area (Å²) in [6.07, 6.45) is 0. The lowest BCUT2D eigenvalue weighted by molar-refractivity contribution is 0.386. The first-order valence-electron chi connectivity index (χ1n) is 3.23. The lowest BCUT2D eigenvalue weighted by Gasteiger charge is -2.03. The Bertz CT molecular complexity index is 288. The molecule has 0 heterocycles. The van der Waals surface area contributed by atoms with Crippen molar-refractivity contribution in [2.45, 2.75) is 0 Å². The van der Waals surface area contributed by atoms with Crippen LogP contribution in [0.4, 0.5) is 11.4 Å². The third-order valence-electron chi connectivity index (χ3n) is 1.41. The number of hydrogen-bond acceptors (Lipinski definition) is 5. The molecule has 0 aromatic heterocycles. The van der Waals surface area contributed by atoms with Gasteiger partial charge < -0.3 is 4.74 Å². The van der Waals surface area contributed by atoms with Gasteiger partial charge >= 0.3 is 0 Å². The van der Waals surface area contributed by atoms with E-state index < -0.39 is 0 Å². The molecule has 5 nitrogen and oxygen atoms in total. The molecule has 64 valence electrons. The maximum Gasteiger partial charge on any atom is 0.150 e. The van der Waals surface area contributed by atoms with Gasteiger partial charge in [0, 0.05) is 6.07 Å². The predicted molar refractivity (Wildman–Crippen MR) is 43.9 cm³/mol. The smallest absolute Gasteiger partial charge is 0.150 e. The first-order valence-corrected chi connectivity index (χ1v) is 3.23. The fourth-order valence-corrected chi connectivity index (χ4v) is 0.823. The monoisotopic (exact) mass is 168 g/mol. The number of nitroso groups, excluding NO2 is 1. The maximum absolute atomic E-state index is 10.2. The Morgan fingerprint density at radius 1 is 1.58 bits per heavy atom. The normalized spacial score (nSPS) is 9.17. The molecule has 0 bridgehead atoms. The summed E-state index contributed by atoms with van der Waals surface area (Å²) in [4.78, 5) is 10.2. The molecule has 0 saturated carbocycles. The van der Waals surface area contributed by atoms with Crippen molar-refractivity contribution in [2.24, 2.45) is 5.18 Å². The van der Waals surface area contributed by atoms with E-state index in [0.717, 1.165) is 0 Å². The summed E-state index contributed by atoms with van der Waals surface area (Å²) in [5.74, 6) is 0.323. The molecule has 5 heteroatoms. The zero-order valence-corrected chi connectivity index (χ0v) is 6.44. The van der Waals surface area contributed by atoms with Crippen molar-refractivity contribution in [1.29, 1.82) is 0 Å². The fraction of sp³-hybridized carbons (Fsp3) is 0.143. The minimum atomic E-state index is 0.205. The van der Waals surface area contributed by atoms with Crippen molar-refractivity contribution in [3.8, 4) is 5.75 Å². The Labute approximate surface area is 68.9 Å². The SMILES string of the molecule is COc1cc(NO)ccc1N=O. The van der Waals surface area contributed by atoms with Crippen LogP contribution < -0.4 is 10.2 Å². The molecule has 0 unspecified atom stereocenters. The second-order valence-corrected chi connectivity index (χ2v) is 2.09. The molecule has 0 atom stereocenters. The van der Waals surface area contributed by atoms with Crippen LogP contribution >= 0.6 is 0 Å². The van der Waals surface area contributed by atoms with Gasteiger partial charge in [0.2, 0.25) is 0 Å². The standard InChI is InChI=1S/C7H8N2O3/c1-12-7-4-5(8-10)2-3-6(7)9-11/h2-4,8,10H,1H3. The van der Waals surface area contributed by atoms with Crippen LogP contribution in [0.1, 0.15) is 0 Å². The second-order valence-electron chi connectivity index (χ2n) is 2.09. The van der Waals surface area contributed by atoms with Crippen LogP contribution in [0.2, 0.25) is 0 Å². The van der Waals surface area contributed by atoms with Crippen LogP contribution in [0.3, 0.4) is 0 Å². The lowest BCUT2D eigenvalue weighted by Crippen LogP contribution is -1.90. The van der Waals surface area contributed by atoms with Gasteiger partial charge in [0.05, 0.1) is 12.8 Å². The molecular weight excluding hydrogens is 160 g/mol. The third kappa shape index (κ3) is 1.51. The highest BCUT2D eigenvalue weighted by atomic mass is 16.5. The van der Waals surface area contributed by atoms with Gasteiger partial charge in [0.1, 0.15) is 11.4 Å². The number of rotatable bonds is 3. The minimum absolute atomic E-state index is 0.205. The molecule has 0 aliphatic heterocycles. The second kappa shape index (κ2) is 3.68. The van der Waals surface area contributed by atoms with E-state index >= 15 is 0 Å². The Morgan fingerprint density at radius 2 is 2.33 bits per heavy atom. The van der Waals surface area contributed by atoms with Crippen molar-refractivity contribution >= 4 is 11.4 Å². The van der Waals surface area contributed by atoms with Gasteiger partial charge in [-0.3, -0.25) is 10.7 Å². The van der Waals surface area contributed by atoms with Gasteiger partial charge in [-0.1, -0.05) is 0 Å². The predicted octanol–water partition coefficient (Wildman–Crippen LogP) is 1.89. The first-order chi connectivity index (χ1) is 5.81. The van der Waals surface area contributed by atoms with Crippen LogP contribution in [0.25, 0.3) is 0 Å². The molecule has 1 rings (SSSR count). The van der Waals surface area contributed by atoms with Crippen LogP contribution in [0.15, 0.2) is 23.4 Å². The summed E-state index contributed by atoms with van der Waals surface area (Å²) in [7, 11) is 1.42. The number of ether oxygens (including phenoxy) is 1. The topological polar surface area (TPSA) is 70.9 Å². The molecule has 0 amide bonds. The van der Waals surface area contributed by atoms with Crippen molar-refractivity contribution in [2.75, 3.05) is 12.6 Å². The van der Waals surface area contributed by atoms with Crippen molar-refractivity contribution in [3.63, 3.8) is 0 Å². The van der Waals surface area contributed by atoms with Crippen molar-refractivity contribution in [1.82, 2.24) is 0 Å². The molecule has 0 aliphatic carbocycles. The van der Waals surface area contributed by atoms with Gasteiger partial charge in [-0.2, -0.15) is 0 Å². The highest BCUT2D eigenvalue weighted by Crippen LogP contribution is 2.29. The third-order valence-corrected chi connectivity index (χ3v) is 1.41. The van der Waals surface area contributed by atoms with Crippen molar-refractivity contribution in [3.05, 3.63) is 23.1 Å². The molecule has 0 radical (unpaired) electrons. The molecule has 12 heavy (non-hydrogen) atoms. The highest BCUT2D eigenvalue weighted by molar-refractivity contribution is 5.59. The van der Waals surface area contributed by atoms with E-state index in [-0.39, 0.29) is 5.69 Å². The lowest BCUT2D eigenvalue weighted by atomic mass is 10.2. The van der Waals surface area contributed by atoms with Crippen LogP contribution in [-0.4, -0.2) is 12.3 Å². The zero-order valence-electron chi connectivity index (χ0n) is 6.44. The number of anilines is 1. The van der Waals surface area contributed by atoms with Gasteiger partial charge in [-0.05, 0) is 17.3 Å². The van der Waals surface area contributed by atoms with E-state index in [9.17, 15) is 4.91 Å². The van der Waals surface area contributed by atoms with Crippen LogP contribution in [0, 0.1) is 4.91 Å². The Kier molecular flexibility index (Phi) is 2.60. The average molecular weight is 168 g/mol. The molecule has 2 N–H and O–H groups in total. The van der Waals surface area contributed by atoms with Gasteiger partial charge in [0.25, 0.3) is 0 Å². The Morgan fingerprint density at radius 3 is 2.83 bits per heavy atom. The van der Waals surface area contributed by atoms with Crippen LogP contribution in [-0.2, 0) is 0 Å². The number of methoxy groups -OCH3 is 1. The molecule has 0 saturated heterocycles. The maximum atomic E-state index is 10.2. The number of nitrogens with one attached hydrogen (secondary N) is 1. The van der Waals surface area contributed by atoms with Gasteiger partial charge in [-0.15, -0.1) is 4.91 Å². The molecule has 1 aromatic carbocycles. The molecular formula is C7H8N2O3. The number of benzene rings is 1. The van der Waals surface area contributed by atoms with E-state index in [0.29, 0.717) is 11.4 Å². The molecule has 0 spiro atoms. The molecule has 0 fully saturated rings. The first kappa shape index (κ1) is 8.48. The van der Waals surface area contributed by atoms with Crippen LogP contribution in [0.5, 0.6) is 5.75 Å². The number of hydrogen-bond donors (Lipinski definition) is 2. The van der Waals surface area contributed by atoms with Crippen molar-refractivity contribution < 1.29 is 9.94 Å². The average Bonchev–Trinajstić information content (AvgIpc) is 2.16. The molecule has 1 aromatic rings. The molecule has 0 aliphatic rings. The Balaban J connectivity index is 3.10. The summed E-state index contributed by atoms with van der Waals surface area (Å²) in [5, 5.41) is 11.2. The fourth-order valence-electron chi connectivity index (χ4n) is 0.823. The summed E-state index contributed by atoms with van der Waals surface area (Å²) in [6.45, 7) is 0. The summed E-state index contributed by atoms with van der Waals surface area (Å²) in [5.41, 5.74) is 2.58. The summed E-state index contributed by atoms with van der Waals surface area (Å²) < 4.78 is 4.83. The van der Waals surface area contributed by atoms with E-state index in [1.807, 2.05) is 5.48 Å².